The summed E-state index contributed by atoms with van der Waals surface area (Å²) in [6, 6.07) is 6.45. The van der Waals surface area contributed by atoms with Gasteiger partial charge in [-0.15, -0.1) is 0 Å². The van der Waals surface area contributed by atoms with Crippen LogP contribution in [0.3, 0.4) is 0 Å². The number of ether oxygens (including phenoxy) is 2. The zero-order chi connectivity index (χ0) is 15.7. The van der Waals surface area contributed by atoms with E-state index >= 15 is 0 Å². The number of aliphatic carboxylic acids is 1. The molecule has 2 N–H and O–H groups in total. The zero-order valence-corrected chi connectivity index (χ0v) is 12.3. The van der Waals surface area contributed by atoms with Gasteiger partial charge in [0.2, 0.25) is 5.91 Å². The van der Waals surface area contributed by atoms with Gasteiger partial charge in [0.05, 0.1) is 13.2 Å². The van der Waals surface area contributed by atoms with Gasteiger partial charge in [0, 0.05) is 6.42 Å². The summed E-state index contributed by atoms with van der Waals surface area (Å²) in [5.74, 6) is -0.0422. The van der Waals surface area contributed by atoms with Crippen molar-refractivity contribution in [3.63, 3.8) is 0 Å². The molecule has 6 heteroatoms. The topological polar surface area (TPSA) is 84.9 Å². The van der Waals surface area contributed by atoms with E-state index in [1.807, 2.05) is 25.1 Å². The van der Waals surface area contributed by atoms with Gasteiger partial charge in [0.1, 0.15) is 6.04 Å². The number of benzene rings is 1. The lowest BCUT2D eigenvalue weighted by molar-refractivity contribution is -0.141. The van der Waals surface area contributed by atoms with Crippen LogP contribution in [-0.4, -0.2) is 36.2 Å². The number of carboxylic acid groups (broad SMARTS) is 1. The van der Waals surface area contributed by atoms with Crippen molar-refractivity contribution in [3.05, 3.63) is 24.3 Å². The number of hydrogen-bond donors (Lipinski definition) is 2. The molecule has 0 aliphatic carbocycles. The Kier molecular flexibility index (Phi) is 7.08. The van der Waals surface area contributed by atoms with Crippen LogP contribution < -0.4 is 14.8 Å². The standard InChI is InChI=1S/C15H21NO5/c1-3-20-12-7-4-5-8-13(12)21-10-6-9-14(17)16-11(2)15(18)19/h4-5,7-8,11H,3,6,9-10H2,1-2H3,(H,16,17)(H,18,19)/t11-/m0/s1. The lowest BCUT2D eigenvalue weighted by atomic mass is 10.2. The highest BCUT2D eigenvalue weighted by atomic mass is 16.5. The molecule has 0 aliphatic heterocycles. The molecule has 0 saturated heterocycles. The molecule has 1 aromatic rings. The van der Waals surface area contributed by atoms with E-state index in [1.54, 1.807) is 6.07 Å². The molecule has 116 valence electrons. The SMILES string of the molecule is CCOc1ccccc1OCCCC(=O)N[C@@H](C)C(=O)O. The normalized spacial score (nSPS) is 11.5. The molecule has 0 aliphatic rings. The quantitative estimate of drug-likeness (QED) is 0.679. The fraction of sp³-hybridized carbons (Fsp3) is 0.467. The average Bonchev–Trinajstić information content (AvgIpc) is 2.45. The van der Waals surface area contributed by atoms with Gasteiger partial charge in [0.25, 0.3) is 0 Å². The Hall–Kier alpha value is -2.24. The van der Waals surface area contributed by atoms with Crippen LogP contribution in [0.4, 0.5) is 0 Å². The molecule has 0 radical (unpaired) electrons. The molecule has 0 heterocycles. The number of carbonyl (C=O) groups excluding carboxylic acids is 1. The highest BCUT2D eigenvalue weighted by Crippen LogP contribution is 2.26. The zero-order valence-electron chi connectivity index (χ0n) is 12.3. The van der Waals surface area contributed by atoms with E-state index < -0.39 is 12.0 Å². The Morgan fingerprint density at radius 3 is 2.43 bits per heavy atom. The fourth-order valence-electron chi connectivity index (χ4n) is 1.63. The highest BCUT2D eigenvalue weighted by Gasteiger charge is 2.13. The number of para-hydroxylation sites is 2. The molecule has 0 spiro atoms. The van der Waals surface area contributed by atoms with Crippen LogP contribution in [0.2, 0.25) is 0 Å². The third kappa shape index (κ3) is 6.16. The summed E-state index contributed by atoms with van der Waals surface area (Å²) in [4.78, 5) is 22.1. The molecule has 0 saturated carbocycles. The minimum absolute atomic E-state index is 0.217. The monoisotopic (exact) mass is 295 g/mol. The molecule has 1 amide bonds. The van der Waals surface area contributed by atoms with Gasteiger partial charge in [-0.25, -0.2) is 0 Å². The van der Waals surface area contributed by atoms with Gasteiger partial charge in [-0.2, -0.15) is 0 Å². The van der Waals surface area contributed by atoms with Crippen LogP contribution in [0.5, 0.6) is 11.5 Å². The Morgan fingerprint density at radius 2 is 1.86 bits per heavy atom. The molecule has 1 aromatic carbocycles. The van der Waals surface area contributed by atoms with Crippen LogP contribution in [0.25, 0.3) is 0 Å². The Labute approximate surface area is 124 Å². The van der Waals surface area contributed by atoms with E-state index in [4.69, 9.17) is 14.6 Å². The second-order valence-corrected chi connectivity index (χ2v) is 4.46. The van der Waals surface area contributed by atoms with E-state index in [0.717, 1.165) is 0 Å². The number of nitrogens with one attached hydrogen (secondary N) is 1. The predicted octanol–water partition coefficient (Wildman–Crippen LogP) is 1.83. The van der Waals surface area contributed by atoms with Gasteiger partial charge >= 0.3 is 5.97 Å². The van der Waals surface area contributed by atoms with Gasteiger partial charge in [0.15, 0.2) is 11.5 Å². The summed E-state index contributed by atoms with van der Waals surface area (Å²) in [6.07, 6.45) is 0.715. The van der Waals surface area contributed by atoms with Crippen molar-refractivity contribution in [2.75, 3.05) is 13.2 Å². The molecule has 0 unspecified atom stereocenters. The maximum absolute atomic E-state index is 11.5. The fourth-order valence-corrected chi connectivity index (χ4v) is 1.63. The van der Waals surface area contributed by atoms with E-state index in [-0.39, 0.29) is 12.3 Å². The molecule has 0 aromatic heterocycles. The molecule has 6 nitrogen and oxygen atoms in total. The third-order valence-corrected chi connectivity index (χ3v) is 2.70. The summed E-state index contributed by atoms with van der Waals surface area (Å²) in [5, 5.41) is 11.1. The maximum Gasteiger partial charge on any atom is 0.325 e. The molecule has 1 atom stereocenters. The first-order valence-electron chi connectivity index (χ1n) is 6.91. The van der Waals surface area contributed by atoms with Crippen molar-refractivity contribution in [3.8, 4) is 11.5 Å². The average molecular weight is 295 g/mol. The predicted molar refractivity (Wildman–Crippen MR) is 77.6 cm³/mol. The van der Waals surface area contributed by atoms with Gasteiger partial charge < -0.3 is 19.9 Å². The van der Waals surface area contributed by atoms with Crippen molar-refractivity contribution in [1.29, 1.82) is 0 Å². The Bertz CT molecular complexity index is 475. The van der Waals surface area contributed by atoms with Crippen molar-refractivity contribution in [2.45, 2.75) is 32.7 Å². The number of carbonyl (C=O) groups is 2. The first-order chi connectivity index (χ1) is 10.0. The molecule has 1 rings (SSSR count). The largest absolute Gasteiger partial charge is 0.490 e. The number of carboxylic acids is 1. The van der Waals surface area contributed by atoms with E-state index in [0.29, 0.717) is 31.1 Å². The molecular formula is C15H21NO5. The van der Waals surface area contributed by atoms with Crippen molar-refractivity contribution < 1.29 is 24.2 Å². The third-order valence-electron chi connectivity index (χ3n) is 2.70. The van der Waals surface area contributed by atoms with Gasteiger partial charge in [-0.1, -0.05) is 12.1 Å². The molecular weight excluding hydrogens is 274 g/mol. The van der Waals surface area contributed by atoms with Crippen LogP contribution in [0, 0.1) is 0 Å². The van der Waals surface area contributed by atoms with Crippen molar-refractivity contribution in [1.82, 2.24) is 5.32 Å². The summed E-state index contributed by atoms with van der Waals surface area (Å²) in [5.41, 5.74) is 0. The van der Waals surface area contributed by atoms with Crippen LogP contribution in [-0.2, 0) is 9.59 Å². The van der Waals surface area contributed by atoms with E-state index in [1.165, 1.54) is 6.92 Å². The number of amides is 1. The Balaban J connectivity index is 2.31. The van der Waals surface area contributed by atoms with Gasteiger partial charge in [-0.05, 0) is 32.4 Å². The van der Waals surface area contributed by atoms with Crippen LogP contribution in [0.1, 0.15) is 26.7 Å². The lowest BCUT2D eigenvalue weighted by Gasteiger charge is -2.12. The summed E-state index contributed by atoms with van der Waals surface area (Å²) in [6.45, 7) is 4.23. The minimum atomic E-state index is -1.05. The van der Waals surface area contributed by atoms with Crippen LogP contribution >= 0.6 is 0 Å². The minimum Gasteiger partial charge on any atom is -0.490 e. The second-order valence-electron chi connectivity index (χ2n) is 4.46. The van der Waals surface area contributed by atoms with Crippen molar-refractivity contribution >= 4 is 11.9 Å². The molecule has 0 fully saturated rings. The molecule has 0 bridgehead atoms. The van der Waals surface area contributed by atoms with Crippen LogP contribution in [0.15, 0.2) is 24.3 Å². The van der Waals surface area contributed by atoms with E-state index in [9.17, 15) is 9.59 Å². The highest BCUT2D eigenvalue weighted by molar-refractivity contribution is 5.83. The number of hydrogen-bond acceptors (Lipinski definition) is 4. The van der Waals surface area contributed by atoms with Gasteiger partial charge in [-0.3, -0.25) is 9.59 Å². The first kappa shape index (κ1) is 16.8. The summed E-state index contributed by atoms with van der Waals surface area (Å²) in [7, 11) is 0. The first-order valence-corrected chi connectivity index (χ1v) is 6.91. The summed E-state index contributed by atoms with van der Waals surface area (Å²) >= 11 is 0. The smallest absolute Gasteiger partial charge is 0.325 e. The second kappa shape index (κ2) is 8.84. The summed E-state index contributed by atoms with van der Waals surface area (Å²) < 4.78 is 11.0. The number of rotatable bonds is 9. The van der Waals surface area contributed by atoms with E-state index in [2.05, 4.69) is 5.32 Å². The molecule has 21 heavy (non-hydrogen) atoms. The van der Waals surface area contributed by atoms with Crippen molar-refractivity contribution in [2.24, 2.45) is 0 Å². The maximum atomic E-state index is 11.5. The Morgan fingerprint density at radius 1 is 1.24 bits per heavy atom. The lowest BCUT2D eigenvalue weighted by Crippen LogP contribution is -2.38.